The Morgan fingerprint density at radius 2 is 1.59 bits per heavy atom. The Morgan fingerprint density at radius 3 is 2.12 bits per heavy atom. The molecule has 1 aliphatic carbocycles. The van der Waals surface area contributed by atoms with Crippen molar-refractivity contribution in [2.75, 3.05) is 33.2 Å². The van der Waals surface area contributed by atoms with Gasteiger partial charge in [0.1, 0.15) is 6.04 Å². The molecule has 1 unspecified atom stereocenters. The van der Waals surface area contributed by atoms with Crippen molar-refractivity contribution in [1.29, 1.82) is 5.26 Å². The molecule has 0 amide bonds. The fourth-order valence-electron chi connectivity index (χ4n) is 3.21. The van der Waals surface area contributed by atoms with Gasteiger partial charge in [0.25, 0.3) is 0 Å². The van der Waals surface area contributed by atoms with Gasteiger partial charge in [-0.15, -0.1) is 0 Å². The standard InChI is InChI=1S/C14H25N3/c1-16-8-10-17(11-9-16)14(12-15)13-6-4-2-3-5-7-13/h13-14H,2-11H2,1H3. The van der Waals surface area contributed by atoms with Crippen LogP contribution < -0.4 is 0 Å². The number of nitriles is 1. The number of nitrogens with zero attached hydrogens (tertiary/aromatic N) is 3. The SMILES string of the molecule is CN1CCN(C(C#N)C2CCCCCC2)CC1. The monoisotopic (exact) mass is 235 g/mol. The Hall–Kier alpha value is -0.590. The molecular weight excluding hydrogens is 210 g/mol. The van der Waals surface area contributed by atoms with Gasteiger partial charge in [-0.1, -0.05) is 25.7 Å². The second-order valence-corrected chi connectivity index (χ2v) is 5.66. The molecule has 1 aliphatic heterocycles. The summed E-state index contributed by atoms with van der Waals surface area (Å²) < 4.78 is 0. The average Bonchev–Trinajstić information content (AvgIpc) is 2.62. The lowest BCUT2D eigenvalue weighted by atomic mass is 9.91. The minimum absolute atomic E-state index is 0.182. The van der Waals surface area contributed by atoms with Crippen LogP contribution in [0.4, 0.5) is 0 Å². The summed E-state index contributed by atoms with van der Waals surface area (Å²) in [6, 6.07) is 2.77. The molecule has 17 heavy (non-hydrogen) atoms. The van der Waals surface area contributed by atoms with Crippen LogP contribution in [0.15, 0.2) is 0 Å². The quantitative estimate of drug-likeness (QED) is 0.687. The summed E-state index contributed by atoms with van der Waals surface area (Å²) in [5.41, 5.74) is 0. The van der Waals surface area contributed by atoms with Crippen LogP contribution in [0.5, 0.6) is 0 Å². The first-order valence-electron chi connectivity index (χ1n) is 7.13. The molecule has 2 aliphatic rings. The second kappa shape index (κ2) is 6.37. The normalized spacial score (nSPS) is 27.3. The van der Waals surface area contributed by atoms with Crippen molar-refractivity contribution in [1.82, 2.24) is 9.80 Å². The molecule has 2 rings (SSSR count). The summed E-state index contributed by atoms with van der Waals surface area (Å²) in [6.07, 6.45) is 7.94. The summed E-state index contributed by atoms with van der Waals surface area (Å²) in [5, 5.41) is 9.48. The highest BCUT2D eigenvalue weighted by Gasteiger charge is 2.29. The highest BCUT2D eigenvalue weighted by Crippen LogP contribution is 2.28. The van der Waals surface area contributed by atoms with Crippen LogP contribution in [0.25, 0.3) is 0 Å². The lowest BCUT2D eigenvalue weighted by molar-refractivity contribution is 0.101. The molecule has 0 aromatic carbocycles. The van der Waals surface area contributed by atoms with E-state index < -0.39 is 0 Å². The fraction of sp³-hybridized carbons (Fsp3) is 0.929. The van der Waals surface area contributed by atoms with Gasteiger partial charge in [-0.3, -0.25) is 4.90 Å². The third kappa shape index (κ3) is 3.43. The highest BCUT2D eigenvalue weighted by atomic mass is 15.3. The maximum Gasteiger partial charge on any atom is 0.101 e. The average molecular weight is 235 g/mol. The molecule has 1 saturated carbocycles. The zero-order chi connectivity index (χ0) is 12.1. The van der Waals surface area contributed by atoms with Gasteiger partial charge in [0.2, 0.25) is 0 Å². The fourth-order valence-corrected chi connectivity index (χ4v) is 3.21. The predicted octanol–water partition coefficient (Wildman–Crippen LogP) is 2.10. The van der Waals surface area contributed by atoms with Crippen LogP contribution in [0, 0.1) is 17.2 Å². The molecule has 0 aromatic heterocycles. The number of hydrogen-bond donors (Lipinski definition) is 0. The van der Waals surface area contributed by atoms with E-state index >= 15 is 0 Å². The third-order valence-electron chi connectivity index (χ3n) is 4.41. The number of hydrogen-bond acceptors (Lipinski definition) is 3. The van der Waals surface area contributed by atoms with Gasteiger partial charge >= 0.3 is 0 Å². The van der Waals surface area contributed by atoms with E-state index in [0.29, 0.717) is 5.92 Å². The minimum atomic E-state index is 0.182. The third-order valence-corrected chi connectivity index (χ3v) is 4.41. The molecule has 1 atom stereocenters. The molecule has 0 bridgehead atoms. The number of rotatable bonds is 2. The predicted molar refractivity (Wildman–Crippen MR) is 69.7 cm³/mol. The van der Waals surface area contributed by atoms with Gasteiger partial charge in [0.15, 0.2) is 0 Å². The first-order chi connectivity index (χ1) is 8.31. The second-order valence-electron chi connectivity index (χ2n) is 5.66. The molecular formula is C14H25N3. The molecule has 1 heterocycles. The van der Waals surface area contributed by atoms with E-state index in [4.69, 9.17) is 0 Å². The Labute approximate surface area is 105 Å². The molecule has 0 N–H and O–H groups in total. The summed E-state index contributed by atoms with van der Waals surface area (Å²) in [6.45, 7) is 4.38. The van der Waals surface area contributed by atoms with Crippen LogP contribution in [0.3, 0.4) is 0 Å². The molecule has 3 nitrogen and oxygen atoms in total. The van der Waals surface area contributed by atoms with Gasteiger partial charge in [-0.2, -0.15) is 5.26 Å². The lowest BCUT2D eigenvalue weighted by Crippen LogP contribution is -2.50. The van der Waals surface area contributed by atoms with Crippen molar-refractivity contribution in [3.05, 3.63) is 0 Å². The van der Waals surface area contributed by atoms with E-state index in [1.54, 1.807) is 0 Å². The maximum atomic E-state index is 9.48. The van der Waals surface area contributed by atoms with Gasteiger partial charge in [-0.05, 0) is 25.8 Å². The minimum Gasteiger partial charge on any atom is -0.304 e. The smallest absolute Gasteiger partial charge is 0.101 e. The molecule has 1 saturated heterocycles. The van der Waals surface area contributed by atoms with E-state index in [1.807, 2.05) is 0 Å². The molecule has 3 heteroatoms. The maximum absolute atomic E-state index is 9.48. The van der Waals surface area contributed by atoms with Crippen LogP contribution in [-0.2, 0) is 0 Å². The van der Waals surface area contributed by atoms with Crippen LogP contribution >= 0.6 is 0 Å². The van der Waals surface area contributed by atoms with Crippen LogP contribution in [0.2, 0.25) is 0 Å². The van der Waals surface area contributed by atoms with E-state index in [-0.39, 0.29) is 6.04 Å². The Morgan fingerprint density at radius 1 is 1.00 bits per heavy atom. The van der Waals surface area contributed by atoms with Gasteiger partial charge in [-0.25, -0.2) is 0 Å². The van der Waals surface area contributed by atoms with Gasteiger partial charge < -0.3 is 4.90 Å². The van der Waals surface area contributed by atoms with Crippen molar-refractivity contribution in [3.63, 3.8) is 0 Å². The Kier molecular flexibility index (Phi) is 4.82. The number of likely N-dealkylation sites (N-methyl/N-ethyl adjacent to an activating group) is 1. The molecule has 0 spiro atoms. The van der Waals surface area contributed by atoms with Crippen LogP contribution in [0.1, 0.15) is 38.5 Å². The number of piperazine rings is 1. The lowest BCUT2D eigenvalue weighted by Gasteiger charge is -2.38. The zero-order valence-electron chi connectivity index (χ0n) is 11.1. The summed E-state index contributed by atoms with van der Waals surface area (Å²) in [5.74, 6) is 0.630. The largest absolute Gasteiger partial charge is 0.304 e. The zero-order valence-corrected chi connectivity index (χ0v) is 11.1. The van der Waals surface area contributed by atoms with Crippen molar-refractivity contribution < 1.29 is 0 Å². The van der Waals surface area contributed by atoms with Crippen LogP contribution in [-0.4, -0.2) is 49.1 Å². The molecule has 0 radical (unpaired) electrons. The molecule has 96 valence electrons. The highest BCUT2D eigenvalue weighted by molar-refractivity contribution is 4.98. The van der Waals surface area contributed by atoms with Gasteiger partial charge in [0.05, 0.1) is 6.07 Å². The van der Waals surface area contributed by atoms with E-state index in [1.165, 1.54) is 38.5 Å². The summed E-state index contributed by atoms with van der Waals surface area (Å²) in [7, 11) is 2.17. The molecule has 2 fully saturated rings. The topological polar surface area (TPSA) is 30.3 Å². The first kappa shape index (κ1) is 12.9. The van der Waals surface area contributed by atoms with Crippen molar-refractivity contribution >= 4 is 0 Å². The van der Waals surface area contributed by atoms with E-state index in [2.05, 4.69) is 22.9 Å². The Balaban J connectivity index is 1.93. The van der Waals surface area contributed by atoms with Gasteiger partial charge in [0, 0.05) is 26.2 Å². The Bertz CT molecular complexity index is 255. The summed E-state index contributed by atoms with van der Waals surface area (Å²) in [4.78, 5) is 4.79. The first-order valence-corrected chi connectivity index (χ1v) is 7.13. The van der Waals surface area contributed by atoms with Crippen molar-refractivity contribution in [3.8, 4) is 6.07 Å². The molecule has 0 aromatic rings. The van der Waals surface area contributed by atoms with Crippen molar-refractivity contribution in [2.24, 2.45) is 5.92 Å². The van der Waals surface area contributed by atoms with E-state index in [9.17, 15) is 5.26 Å². The van der Waals surface area contributed by atoms with E-state index in [0.717, 1.165) is 26.2 Å². The summed E-state index contributed by atoms with van der Waals surface area (Å²) >= 11 is 0. The van der Waals surface area contributed by atoms with Crippen molar-refractivity contribution in [2.45, 2.75) is 44.6 Å².